The second-order valence-electron chi connectivity index (χ2n) is 20.3. The zero-order valence-electron chi connectivity index (χ0n) is 42.7. The summed E-state index contributed by atoms with van der Waals surface area (Å²) in [5.41, 5.74) is 2.05. The molecule has 394 valence electrons. The zero-order valence-corrected chi connectivity index (χ0v) is 42.7. The summed E-state index contributed by atoms with van der Waals surface area (Å²) in [5.74, 6) is 2.50. The van der Waals surface area contributed by atoms with Gasteiger partial charge in [-0.05, 0) is 118 Å². The van der Waals surface area contributed by atoms with E-state index in [1.165, 1.54) is 51.4 Å². The van der Waals surface area contributed by atoms with Crippen molar-refractivity contribution in [2.24, 2.45) is 46.8 Å². The Morgan fingerprint density at radius 3 is 2.19 bits per heavy atom. The number of likely N-dealkylation sites (N-methyl/N-ethyl adjacent to an activating group) is 1. The lowest BCUT2D eigenvalue weighted by atomic mass is 9.51. The Hall–Kier alpha value is -3.48. The quantitative estimate of drug-likeness (QED) is 0.0239. The molecule has 0 bridgehead atoms. The molecule has 4 aliphatic carbocycles. The summed E-state index contributed by atoms with van der Waals surface area (Å²) in [6.07, 6.45) is 18.6. The van der Waals surface area contributed by atoms with E-state index in [1.807, 2.05) is 0 Å². The minimum atomic E-state index is -1.97. The summed E-state index contributed by atoms with van der Waals surface area (Å²) in [6.45, 7) is 13.5. The molecule has 4 rings (SSSR count). The molecular weight excluding hydrogens is 889 g/mol. The fraction of sp³-hybridized carbons (Fsp3) is 0.846. The van der Waals surface area contributed by atoms with Crippen molar-refractivity contribution in [3.05, 3.63) is 11.6 Å². The summed E-state index contributed by atoms with van der Waals surface area (Å²) >= 11 is 0. The zero-order chi connectivity index (χ0) is 49.9. The average molecular weight is 977 g/mol. The van der Waals surface area contributed by atoms with Crippen LogP contribution in [-0.4, -0.2) is 134 Å². The summed E-state index contributed by atoms with van der Waals surface area (Å²) in [4.78, 5) is 71.4. The number of carbonyl (C=O) groups excluding carboxylic acids is 6. The van der Waals surface area contributed by atoms with Gasteiger partial charge in [0.15, 0.2) is 0 Å². The highest BCUT2D eigenvalue weighted by atomic mass is 16.7. The van der Waals surface area contributed by atoms with Crippen molar-refractivity contribution in [2.45, 2.75) is 149 Å². The molecule has 17 heteroatoms. The van der Waals surface area contributed by atoms with Crippen LogP contribution in [0.25, 0.3) is 0 Å². The first-order valence-electron chi connectivity index (χ1n) is 26.3. The first kappa shape index (κ1) is 58.1. The van der Waals surface area contributed by atoms with Crippen LogP contribution in [0.2, 0.25) is 0 Å². The minimum absolute atomic E-state index is 0.00134. The molecule has 4 aliphatic rings. The van der Waals surface area contributed by atoms with Crippen molar-refractivity contribution in [1.82, 2.24) is 21.3 Å². The lowest BCUT2D eigenvalue weighted by Gasteiger charge is -2.54. The number of unbranched alkanes of at least 4 members (excludes halogenated alkanes) is 1. The summed E-state index contributed by atoms with van der Waals surface area (Å²) in [6, 6.07) is 0. The molecule has 0 spiro atoms. The fourth-order valence-electron chi connectivity index (χ4n) is 11.7. The monoisotopic (exact) mass is 977 g/mol. The average Bonchev–Trinajstić information content (AvgIpc) is 3.69. The smallest absolute Gasteiger partial charge is 0.407 e. The van der Waals surface area contributed by atoms with Crippen LogP contribution in [0, 0.1) is 46.8 Å². The van der Waals surface area contributed by atoms with Gasteiger partial charge in [0.25, 0.3) is 5.91 Å². The van der Waals surface area contributed by atoms with Crippen LogP contribution < -0.4 is 21.3 Å². The van der Waals surface area contributed by atoms with Crippen molar-refractivity contribution >= 4 is 36.4 Å². The van der Waals surface area contributed by atoms with E-state index in [2.05, 4.69) is 55.0 Å². The van der Waals surface area contributed by atoms with Gasteiger partial charge in [0.2, 0.25) is 17.7 Å². The Kier molecular flexibility index (Phi) is 26.7. The van der Waals surface area contributed by atoms with Crippen molar-refractivity contribution < 1.29 is 61.9 Å². The number of hydrogen-bond acceptors (Lipinski definition) is 13. The molecule has 0 heterocycles. The SMILES string of the molecule is CCNC(=O)COC(COCC=O)(NC(=O)CCCCC(=O)NCCOCCOCCOCCCNC(=O)OC1CCC2C(=CCC3C2CCC2(C)C(C(C)CCCC(C)C)CCC32)C1)OCC=O. The van der Waals surface area contributed by atoms with E-state index in [4.69, 9.17) is 33.2 Å². The van der Waals surface area contributed by atoms with Crippen molar-refractivity contribution in [2.75, 3.05) is 85.7 Å². The van der Waals surface area contributed by atoms with Crippen molar-refractivity contribution in [1.29, 1.82) is 0 Å². The maximum Gasteiger partial charge on any atom is 0.407 e. The topological polar surface area (TPSA) is 215 Å². The van der Waals surface area contributed by atoms with Crippen molar-refractivity contribution in [3.8, 4) is 0 Å². The minimum Gasteiger partial charge on any atom is -0.446 e. The molecule has 0 aromatic carbocycles. The number of allylic oxidation sites excluding steroid dienone is 1. The number of fused-ring (bicyclic) bond motifs is 5. The van der Waals surface area contributed by atoms with E-state index >= 15 is 0 Å². The molecule has 4 N–H and O–H groups in total. The first-order chi connectivity index (χ1) is 33.3. The fourth-order valence-corrected chi connectivity index (χ4v) is 11.7. The van der Waals surface area contributed by atoms with E-state index in [0.717, 1.165) is 54.8 Å². The van der Waals surface area contributed by atoms with Gasteiger partial charge in [0.05, 0.1) is 33.0 Å². The van der Waals surface area contributed by atoms with Crippen LogP contribution in [0.1, 0.15) is 137 Å². The molecular formula is C52H88N4O13. The maximum absolute atomic E-state index is 12.7. The van der Waals surface area contributed by atoms with Gasteiger partial charge in [-0.25, -0.2) is 4.79 Å². The van der Waals surface area contributed by atoms with E-state index in [9.17, 15) is 28.8 Å². The van der Waals surface area contributed by atoms with Gasteiger partial charge < -0.3 is 64.0 Å². The number of hydrogen-bond donors (Lipinski definition) is 4. The normalized spacial score (nSPS) is 25.2. The number of nitrogens with one attached hydrogen (secondary N) is 4. The molecule has 3 saturated carbocycles. The van der Waals surface area contributed by atoms with Crippen LogP contribution in [0.5, 0.6) is 0 Å². The molecule has 3 fully saturated rings. The lowest BCUT2D eigenvalue weighted by Crippen LogP contribution is -2.57. The summed E-state index contributed by atoms with van der Waals surface area (Å²) < 4.78 is 38.8. The van der Waals surface area contributed by atoms with Crippen LogP contribution in [-0.2, 0) is 57.1 Å². The van der Waals surface area contributed by atoms with Crippen LogP contribution in [0.15, 0.2) is 11.6 Å². The van der Waals surface area contributed by atoms with Gasteiger partial charge in [-0.15, -0.1) is 0 Å². The maximum atomic E-state index is 12.7. The summed E-state index contributed by atoms with van der Waals surface area (Å²) in [7, 11) is 0. The third kappa shape index (κ3) is 19.9. The molecule has 17 nitrogen and oxygen atoms in total. The highest BCUT2D eigenvalue weighted by molar-refractivity contribution is 5.78. The van der Waals surface area contributed by atoms with E-state index in [0.29, 0.717) is 102 Å². The molecule has 0 saturated heterocycles. The third-order valence-electron chi connectivity index (χ3n) is 15.0. The van der Waals surface area contributed by atoms with Gasteiger partial charge in [0, 0.05) is 45.5 Å². The Morgan fingerprint density at radius 2 is 1.46 bits per heavy atom. The molecule has 0 aliphatic heterocycles. The van der Waals surface area contributed by atoms with Gasteiger partial charge in [-0.2, -0.15) is 0 Å². The first-order valence-corrected chi connectivity index (χ1v) is 26.3. The largest absolute Gasteiger partial charge is 0.446 e. The second-order valence-corrected chi connectivity index (χ2v) is 20.3. The van der Waals surface area contributed by atoms with Crippen molar-refractivity contribution in [3.63, 3.8) is 0 Å². The Bertz CT molecular complexity index is 1600. The third-order valence-corrected chi connectivity index (χ3v) is 15.0. The van der Waals surface area contributed by atoms with Crippen LogP contribution in [0.3, 0.4) is 0 Å². The van der Waals surface area contributed by atoms with Crippen LogP contribution in [0.4, 0.5) is 4.79 Å². The standard InChI is InChI=1S/C52H88N4O13/c1-6-53-49(61)36-68-52(67-30-26-58,37-66-29-25-57)56-48(60)14-8-7-13-47(59)54-24-28-64-32-34-65-33-31-63-27-10-23-55-50(62)69-41-16-18-42-40(35-41)15-17-44-43(42)21-22-51(5)45(19-20-46(44)51)39(4)12-9-11-38(2)3/h15,25-26,38-39,41-46H,6-14,16-24,27-37H2,1-5H3,(H,53,61)(H,54,59)(H,55,62)(H,56,60). The van der Waals surface area contributed by atoms with Gasteiger partial charge in [-0.1, -0.05) is 58.6 Å². The lowest BCUT2D eigenvalue weighted by molar-refractivity contribution is -0.269. The highest BCUT2D eigenvalue weighted by Crippen LogP contribution is 2.65. The predicted octanol–water partition coefficient (Wildman–Crippen LogP) is 6.20. The number of amides is 4. The molecule has 0 aromatic rings. The Balaban J connectivity index is 0.961. The number of aldehydes is 2. The van der Waals surface area contributed by atoms with Crippen LogP contribution >= 0.6 is 0 Å². The molecule has 9 atom stereocenters. The number of carbonyl (C=O) groups is 6. The highest BCUT2D eigenvalue weighted by Gasteiger charge is 2.56. The Morgan fingerprint density at radius 1 is 0.739 bits per heavy atom. The number of ether oxygens (including phenoxy) is 7. The van der Waals surface area contributed by atoms with Gasteiger partial charge in [-0.3, -0.25) is 14.4 Å². The summed E-state index contributed by atoms with van der Waals surface area (Å²) in [5, 5.41) is 10.7. The predicted molar refractivity (Wildman–Crippen MR) is 260 cm³/mol. The second kappa shape index (κ2) is 31.8. The van der Waals surface area contributed by atoms with E-state index in [-0.39, 0.29) is 37.6 Å². The van der Waals surface area contributed by atoms with Gasteiger partial charge in [0.1, 0.15) is 45.1 Å². The molecule has 9 unspecified atom stereocenters. The Labute approximate surface area is 412 Å². The van der Waals surface area contributed by atoms with E-state index < -0.39 is 37.5 Å². The molecule has 4 amide bonds. The number of rotatable bonds is 36. The molecule has 0 aromatic heterocycles. The molecule has 0 radical (unpaired) electrons. The number of alkyl carbamates (subject to hydrolysis) is 1. The van der Waals surface area contributed by atoms with E-state index in [1.54, 1.807) is 12.5 Å². The molecule has 69 heavy (non-hydrogen) atoms. The van der Waals surface area contributed by atoms with Gasteiger partial charge >= 0.3 is 6.09 Å².